The fourth-order valence-electron chi connectivity index (χ4n) is 2.87. The molecule has 1 N–H and O–H groups in total. The number of para-hydroxylation sites is 1. The van der Waals surface area contributed by atoms with Gasteiger partial charge in [-0.05, 0) is 25.8 Å². The second kappa shape index (κ2) is 7.19. The van der Waals surface area contributed by atoms with Crippen LogP contribution in [0.25, 0.3) is 10.9 Å². The van der Waals surface area contributed by atoms with Crippen molar-refractivity contribution in [3.63, 3.8) is 0 Å². The normalized spacial score (nSPS) is 17.0. The molecule has 1 aliphatic carbocycles. The summed E-state index contributed by atoms with van der Waals surface area (Å²) in [6.45, 7) is 1.68. The SMILES string of the molecule is CC(Sc1nc(C(F)(F)F)nc2ccccc12)C(=O)NC1CCCC1. The predicted octanol–water partition coefficient (Wildman–Crippen LogP) is 4.19. The molecular formula is C17H18F3N3OS. The van der Waals surface area contributed by atoms with E-state index in [2.05, 4.69) is 15.3 Å². The van der Waals surface area contributed by atoms with Gasteiger partial charge in [-0.3, -0.25) is 4.79 Å². The van der Waals surface area contributed by atoms with Crippen LogP contribution < -0.4 is 5.32 Å². The number of amides is 1. The lowest BCUT2D eigenvalue weighted by Gasteiger charge is -2.17. The minimum Gasteiger partial charge on any atom is -0.352 e. The molecule has 8 heteroatoms. The van der Waals surface area contributed by atoms with E-state index in [0.29, 0.717) is 5.39 Å². The molecule has 1 aromatic carbocycles. The van der Waals surface area contributed by atoms with Gasteiger partial charge in [0.1, 0.15) is 5.03 Å². The lowest BCUT2D eigenvalue weighted by molar-refractivity contribution is -0.145. The predicted molar refractivity (Wildman–Crippen MR) is 90.3 cm³/mol. The number of hydrogen-bond donors (Lipinski definition) is 1. The second-order valence-corrected chi connectivity index (χ2v) is 7.45. The van der Waals surface area contributed by atoms with E-state index in [1.807, 2.05) is 0 Å². The lowest BCUT2D eigenvalue weighted by Crippen LogP contribution is -2.37. The van der Waals surface area contributed by atoms with E-state index in [1.165, 1.54) is 6.07 Å². The highest BCUT2D eigenvalue weighted by Gasteiger charge is 2.36. The van der Waals surface area contributed by atoms with Crippen LogP contribution in [0.1, 0.15) is 38.4 Å². The molecule has 1 atom stereocenters. The zero-order valence-corrected chi connectivity index (χ0v) is 14.5. The zero-order valence-electron chi connectivity index (χ0n) is 13.6. The van der Waals surface area contributed by atoms with Gasteiger partial charge in [-0.1, -0.05) is 42.8 Å². The minimum absolute atomic E-state index is 0.170. The number of alkyl halides is 3. The molecule has 0 saturated heterocycles. The first kappa shape index (κ1) is 18.0. The fraction of sp³-hybridized carbons (Fsp3) is 0.471. The van der Waals surface area contributed by atoms with Gasteiger partial charge in [-0.2, -0.15) is 13.2 Å². The van der Waals surface area contributed by atoms with Crippen LogP contribution in [0, 0.1) is 0 Å². The summed E-state index contributed by atoms with van der Waals surface area (Å²) in [5.74, 6) is -1.36. The highest BCUT2D eigenvalue weighted by atomic mass is 32.2. The zero-order chi connectivity index (χ0) is 18.0. The van der Waals surface area contributed by atoms with Gasteiger partial charge in [0, 0.05) is 11.4 Å². The van der Waals surface area contributed by atoms with Crippen molar-refractivity contribution in [2.24, 2.45) is 0 Å². The van der Waals surface area contributed by atoms with Gasteiger partial charge in [0.2, 0.25) is 11.7 Å². The smallest absolute Gasteiger partial charge is 0.352 e. The van der Waals surface area contributed by atoms with Crippen molar-refractivity contribution in [2.45, 2.75) is 55.1 Å². The first-order valence-electron chi connectivity index (χ1n) is 8.15. The summed E-state index contributed by atoms with van der Waals surface area (Å²) in [4.78, 5) is 19.6. The molecule has 1 aromatic heterocycles. The number of carbonyl (C=O) groups excluding carboxylic acids is 1. The fourth-order valence-corrected chi connectivity index (χ4v) is 3.82. The van der Waals surface area contributed by atoms with Crippen LogP contribution in [-0.4, -0.2) is 27.2 Å². The van der Waals surface area contributed by atoms with Gasteiger partial charge in [0.15, 0.2) is 0 Å². The molecule has 1 fully saturated rings. The van der Waals surface area contributed by atoms with Crippen molar-refractivity contribution in [2.75, 3.05) is 0 Å². The number of aromatic nitrogens is 2. The molecular weight excluding hydrogens is 351 g/mol. The van der Waals surface area contributed by atoms with Gasteiger partial charge in [-0.25, -0.2) is 9.97 Å². The number of hydrogen-bond acceptors (Lipinski definition) is 4. The van der Waals surface area contributed by atoms with Crippen LogP contribution >= 0.6 is 11.8 Å². The average molecular weight is 369 g/mol. The number of thioether (sulfide) groups is 1. The molecule has 0 spiro atoms. The number of halogens is 3. The highest BCUT2D eigenvalue weighted by molar-refractivity contribution is 8.00. The largest absolute Gasteiger partial charge is 0.451 e. The molecule has 1 heterocycles. The van der Waals surface area contributed by atoms with Crippen molar-refractivity contribution >= 4 is 28.6 Å². The summed E-state index contributed by atoms with van der Waals surface area (Å²) in [7, 11) is 0. The van der Waals surface area contributed by atoms with Crippen LogP contribution in [-0.2, 0) is 11.0 Å². The third-order valence-electron chi connectivity index (χ3n) is 4.18. The van der Waals surface area contributed by atoms with Crippen LogP contribution in [0.3, 0.4) is 0 Å². The number of benzene rings is 1. The number of nitrogens with zero attached hydrogens (tertiary/aromatic N) is 2. The van der Waals surface area contributed by atoms with Crippen LogP contribution in [0.15, 0.2) is 29.3 Å². The summed E-state index contributed by atoms with van der Waals surface area (Å²) < 4.78 is 39.1. The van der Waals surface area contributed by atoms with E-state index < -0.39 is 17.3 Å². The molecule has 3 rings (SSSR count). The molecule has 0 bridgehead atoms. The highest BCUT2D eigenvalue weighted by Crippen LogP contribution is 2.33. The van der Waals surface area contributed by atoms with Gasteiger partial charge >= 0.3 is 6.18 Å². The van der Waals surface area contributed by atoms with E-state index in [-0.39, 0.29) is 22.5 Å². The Morgan fingerprint density at radius 2 is 1.92 bits per heavy atom. The van der Waals surface area contributed by atoms with Gasteiger partial charge < -0.3 is 5.32 Å². The second-order valence-electron chi connectivity index (χ2n) is 6.12. The molecule has 4 nitrogen and oxygen atoms in total. The Labute approximate surface area is 147 Å². The molecule has 134 valence electrons. The maximum atomic E-state index is 13.0. The van der Waals surface area contributed by atoms with Crippen molar-refractivity contribution in [3.05, 3.63) is 30.1 Å². The summed E-state index contributed by atoms with van der Waals surface area (Å²) >= 11 is 1.03. The Balaban J connectivity index is 1.85. The number of rotatable bonds is 4. The molecule has 0 radical (unpaired) electrons. The summed E-state index contributed by atoms with van der Waals surface area (Å²) in [6.07, 6.45) is -0.528. The van der Waals surface area contributed by atoms with E-state index in [9.17, 15) is 18.0 Å². The maximum absolute atomic E-state index is 13.0. The third-order valence-corrected chi connectivity index (χ3v) is 5.28. The van der Waals surface area contributed by atoms with Crippen molar-refractivity contribution < 1.29 is 18.0 Å². The Morgan fingerprint density at radius 3 is 2.60 bits per heavy atom. The van der Waals surface area contributed by atoms with Gasteiger partial charge in [0.05, 0.1) is 10.8 Å². The van der Waals surface area contributed by atoms with E-state index in [1.54, 1.807) is 25.1 Å². The molecule has 1 unspecified atom stereocenters. The first-order valence-corrected chi connectivity index (χ1v) is 9.03. The quantitative estimate of drug-likeness (QED) is 0.649. The van der Waals surface area contributed by atoms with Crippen LogP contribution in [0.2, 0.25) is 0 Å². The van der Waals surface area contributed by atoms with Crippen molar-refractivity contribution in [1.82, 2.24) is 15.3 Å². The Bertz CT molecular complexity index is 775. The average Bonchev–Trinajstić information content (AvgIpc) is 3.06. The summed E-state index contributed by atoms with van der Waals surface area (Å²) in [5.41, 5.74) is 0.218. The van der Waals surface area contributed by atoms with Crippen LogP contribution in [0.5, 0.6) is 0 Å². The number of nitrogens with one attached hydrogen (secondary N) is 1. The standard InChI is InChI=1S/C17H18F3N3OS/c1-10(14(24)21-11-6-2-3-7-11)25-15-12-8-4-5-9-13(12)22-16(23-15)17(18,19)20/h4-5,8-11H,2-3,6-7H2,1H3,(H,21,24). The van der Waals surface area contributed by atoms with E-state index in [0.717, 1.165) is 37.4 Å². The van der Waals surface area contributed by atoms with E-state index in [4.69, 9.17) is 0 Å². The number of carbonyl (C=O) groups is 1. The van der Waals surface area contributed by atoms with Crippen molar-refractivity contribution in [1.29, 1.82) is 0 Å². The molecule has 1 amide bonds. The third kappa shape index (κ3) is 4.23. The van der Waals surface area contributed by atoms with E-state index >= 15 is 0 Å². The summed E-state index contributed by atoms with van der Waals surface area (Å²) in [6, 6.07) is 6.69. The minimum atomic E-state index is -4.63. The topological polar surface area (TPSA) is 54.9 Å². The Hall–Kier alpha value is -1.83. The van der Waals surface area contributed by atoms with Crippen molar-refractivity contribution in [3.8, 4) is 0 Å². The number of fused-ring (bicyclic) bond motifs is 1. The monoisotopic (exact) mass is 369 g/mol. The Kier molecular flexibility index (Phi) is 5.17. The van der Waals surface area contributed by atoms with Crippen LogP contribution in [0.4, 0.5) is 13.2 Å². The Morgan fingerprint density at radius 1 is 1.24 bits per heavy atom. The first-order chi connectivity index (χ1) is 11.8. The summed E-state index contributed by atoms with van der Waals surface area (Å²) in [5, 5.41) is 3.11. The van der Waals surface area contributed by atoms with Gasteiger partial charge in [-0.15, -0.1) is 0 Å². The lowest BCUT2D eigenvalue weighted by atomic mass is 10.2. The molecule has 1 aliphatic rings. The molecule has 1 saturated carbocycles. The maximum Gasteiger partial charge on any atom is 0.451 e. The molecule has 2 aromatic rings. The molecule has 25 heavy (non-hydrogen) atoms. The molecule has 0 aliphatic heterocycles. The van der Waals surface area contributed by atoms with Gasteiger partial charge in [0.25, 0.3) is 0 Å².